The second-order valence-electron chi connectivity index (χ2n) is 4.23. The van der Waals surface area contributed by atoms with Crippen LogP contribution in [0.3, 0.4) is 0 Å². The maximum Gasteiger partial charge on any atom is 2.00 e. The van der Waals surface area contributed by atoms with Crippen molar-refractivity contribution in [3.05, 3.63) is 83.0 Å². The molecule has 1 aromatic carbocycles. The van der Waals surface area contributed by atoms with Crippen LogP contribution in [0.15, 0.2) is 65.8 Å². The first kappa shape index (κ1) is 19.4. The first-order valence-corrected chi connectivity index (χ1v) is 6.75. The van der Waals surface area contributed by atoms with E-state index >= 15 is 0 Å². The summed E-state index contributed by atoms with van der Waals surface area (Å²) in [7, 11) is 0. The Kier molecular flexibility index (Phi) is 11.7. The van der Waals surface area contributed by atoms with Crippen LogP contribution in [0, 0.1) is 12.2 Å². The van der Waals surface area contributed by atoms with Crippen molar-refractivity contribution in [1.29, 1.82) is 0 Å². The predicted molar refractivity (Wildman–Crippen MR) is 83.8 cm³/mol. The first-order chi connectivity index (χ1) is 9.18. The molecule has 2 aliphatic rings. The average molecular weight is 362 g/mol. The van der Waals surface area contributed by atoms with Crippen molar-refractivity contribution < 1.29 is 26.2 Å². The molecule has 0 unspecified atom stereocenters. The molecule has 2 heteroatoms. The molecule has 102 valence electrons. The molecule has 0 fully saturated rings. The van der Waals surface area contributed by atoms with Crippen LogP contribution in [0.25, 0.3) is 0 Å². The molecular weight excluding hydrogens is 343 g/mol. The monoisotopic (exact) mass is 360 g/mol. The van der Waals surface area contributed by atoms with E-state index in [0.717, 1.165) is 17.9 Å². The van der Waals surface area contributed by atoms with Gasteiger partial charge in [0.25, 0.3) is 0 Å². The van der Waals surface area contributed by atoms with Crippen molar-refractivity contribution in [2.45, 2.75) is 26.7 Å². The number of benzene rings is 1. The summed E-state index contributed by atoms with van der Waals surface area (Å²) in [5, 5.41) is 0.794. The van der Waals surface area contributed by atoms with E-state index in [1.54, 1.807) is 0 Å². The molecule has 2 aliphatic carbocycles. The topological polar surface area (TPSA) is 0 Å². The molecule has 0 N–H and O–H groups in total. The van der Waals surface area contributed by atoms with Gasteiger partial charge in [0.2, 0.25) is 0 Å². The third-order valence-electron chi connectivity index (χ3n) is 2.47. The third-order valence-corrected chi connectivity index (χ3v) is 2.72. The van der Waals surface area contributed by atoms with E-state index in [0.29, 0.717) is 0 Å². The summed E-state index contributed by atoms with van der Waals surface area (Å²) in [5.41, 5.74) is 2.55. The number of hydrogen-bond donors (Lipinski definition) is 0. The Morgan fingerprint density at radius 3 is 1.45 bits per heavy atom. The molecule has 0 spiro atoms. The van der Waals surface area contributed by atoms with E-state index in [9.17, 15) is 0 Å². The smallest absolute Gasteiger partial charge is 0.270 e. The van der Waals surface area contributed by atoms with E-state index < -0.39 is 0 Å². The van der Waals surface area contributed by atoms with Crippen LogP contribution in [-0.2, 0) is 26.2 Å². The zero-order chi connectivity index (χ0) is 13.9. The Balaban J connectivity index is 0.000000265. The van der Waals surface area contributed by atoms with Crippen molar-refractivity contribution in [3.8, 4) is 0 Å². The van der Waals surface area contributed by atoms with Gasteiger partial charge in [0.1, 0.15) is 0 Å². The van der Waals surface area contributed by atoms with E-state index in [4.69, 9.17) is 11.6 Å². The van der Waals surface area contributed by atoms with Crippen LogP contribution in [0.5, 0.6) is 0 Å². The van der Waals surface area contributed by atoms with Gasteiger partial charge in [0.15, 0.2) is 0 Å². The SMILES string of the molecule is CC1=[C-]CC=C1.CC1=[C-]CC=C1.Clc1ccccc1.[Zr+2]. The molecule has 0 atom stereocenters. The third kappa shape index (κ3) is 10.2. The van der Waals surface area contributed by atoms with Crippen molar-refractivity contribution in [2.24, 2.45) is 0 Å². The van der Waals surface area contributed by atoms with Crippen LogP contribution in [-0.4, -0.2) is 0 Å². The van der Waals surface area contributed by atoms with Crippen LogP contribution < -0.4 is 0 Å². The van der Waals surface area contributed by atoms with Gasteiger partial charge in [-0.1, -0.05) is 43.6 Å². The van der Waals surface area contributed by atoms with Gasteiger partial charge in [-0.05, 0) is 12.1 Å². The summed E-state index contributed by atoms with van der Waals surface area (Å²) in [6.45, 7) is 4.12. The number of hydrogen-bond acceptors (Lipinski definition) is 0. The Bertz CT molecular complexity index is 448. The fraction of sp³-hybridized carbons (Fsp3) is 0.222. The van der Waals surface area contributed by atoms with E-state index in [-0.39, 0.29) is 26.2 Å². The van der Waals surface area contributed by atoms with E-state index in [1.165, 1.54) is 11.1 Å². The predicted octanol–water partition coefficient (Wildman–Crippen LogP) is 5.73. The Morgan fingerprint density at radius 2 is 1.30 bits per heavy atom. The van der Waals surface area contributed by atoms with Gasteiger partial charge in [0, 0.05) is 5.02 Å². The number of allylic oxidation sites excluding steroid dienone is 8. The summed E-state index contributed by atoms with van der Waals surface area (Å²) < 4.78 is 0. The van der Waals surface area contributed by atoms with Crippen LogP contribution >= 0.6 is 11.6 Å². The van der Waals surface area contributed by atoms with Gasteiger partial charge in [-0.15, -0.1) is 12.8 Å². The molecule has 0 heterocycles. The molecular formula is C18H19ClZr. The average Bonchev–Trinajstić information content (AvgIpc) is 3.05. The van der Waals surface area contributed by atoms with Gasteiger partial charge in [-0.3, -0.25) is 12.2 Å². The van der Waals surface area contributed by atoms with Crippen molar-refractivity contribution in [1.82, 2.24) is 0 Å². The van der Waals surface area contributed by atoms with Crippen LogP contribution in [0.2, 0.25) is 5.02 Å². The van der Waals surface area contributed by atoms with Crippen LogP contribution in [0.4, 0.5) is 0 Å². The number of halogens is 1. The molecule has 0 aliphatic heterocycles. The second-order valence-corrected chi connectivity index (χ2v) is 4.66. The maximum absolute atomic E-state index is 5.54. The van der Waals surface area contributed by atoms with Crippen molar-refractivity contribution in [3.63, 3.8) is 0 Å². The van der Waals surface area contributed by atoms with Crippen molar-refractivity contribution in [2.75, 3.05) is 0 Å². The van der Waals surface area contributed by atoms with Gasteiger partial charge < -0.3 is 0 Å². The first-order valence-electron chi connectivity index (χ1n) is 6.37. The fourth-order valence-electron chi connectivity index (χ4n) is 1.44. The minimum Gasteiger partial charge on any atom is -0.270 e. The minimum atomic E-state index is 0. The molecule has 0 aromatic heterocycles. The molecule has 0 saturated heterocycles. The summed E-state index contributed by atoms with van der Waals surface area (Å²) in [5.74, 6) is 0. The van der Waals surface area contributed by atoms with Crippen LogP contribution in [0.1, 0.15) is 26.7 Å². The molecule has 0 amide bonds. The number of rotatable bonds is 0. The van der Waals surface area contributed by atoms with Gasteiger partial charge in [0.05, 0.1) is 0 Å². The molecule has 0 bridgehead atoms. The minimum absolute atomic E-state index is 0. The van der Waals surface area contributed by atoms with E-state index in [2.05, 4.69) is 50.3 Å². The molecule has 0 radical (unpaired) electrons. The Labute approximate surface area is 147 Å². The summed E-state index contributed by atoms with van der Waals surface area (Å²) in [4.78, 5) is 0. The summed E-state index contributed by atoms with van der Waals surface area (Å²) in [6, 6.07) is 9.44. The van der Waals surface area contributed by atoms with Gasteiger partial charge >= 0.3 is 26.2 Å². The molecule has 1 aromatic rings. The standard InChI is InChI=1S/C6H5Cl.2C6H7.Zr/c7-6-4-2-1-3-5-6;2*1-6-4-2-3-5-6;/h1-5H;2*2,4H,3H2,1H3;/q;2*-1;+2. The summed E-state index contributed by atoms with van der Waals surface area (Å²) >= 11 is 5.54. The second kappa shape index (κ2) is 12.1. The molecule has 0 nitrogen and oxygen atoms in total. The fourth-order valence-corrected chi connectivity index (χ4v) is 1.59. The quantitative estimate of drug-likeness (QED) is 0.517. The summed E-state index contributed by atoms with van der Waals surface area (Å²) in [6.07, 6.45) is 16.7. The Morgan fingerprint density at radius 1 is 0.850 bits per heavy atom. The molecule has 3 rings (SSSR count). The zero-order valence-electron chi connectivity index (χ0n) is 12.0. The maximum atomic E-state index is 5.54. The van der Waals surface area contributed by atoms with Crippen molar-refractivity contribution >= 4 is 11.6 Å². The largest absolute Gasteiger partial charge is 2.00 e. The molecule has 20 heavy (non-hydrogen) atoms. The van der Waals surface area contributed by atoms with Gasteiger partial charge in [-0.25, -0.2) is 23.3 Å². The normalized spacial score (nSPS) is 14.2. The zero-order valence-corrected chi connectivity index (χ0v) is 15.2. The van der Waals surface area contributed by atoms with Gasteiger partial charge in [-0.2, -0.15) is 12.2 Å². The molecule has 0 saturated carbocycles. The Hall–Kier alpha value is -0.647. The van der Waals surface area contributed by atoms with E-state index in [1.807, 2.05) is 30.3 Å².